The van der Waals surface area contributed by atoms with Gasteiger partial charge < -0.3 is 4.48 Å². The van der Waals surface area contributed by atoms with Gasteiger partial charge in [0.15, 0.2) is 0 Å². The predicted octanol–water partition coefficient (Wildman–Crippen LogP) is 26.0. The smallest absolute Gasteiger partial charge is 0.308 e. The van der Waals surface area contributed by atoms with Gasteiger partial charge in [0.25, 0.3) is 0 Å². The number of fused-ring (bicyclic) bond motifs is 14. The standard InChI is InChI=1S/C76H40F24N/c77-69(78,79)45-17-41(18-46(29-45)70(80,81)82)57-25-37-9-1-5-13-53(37)65-61(57)33-101(34-62-58(26-38-10-2-6-14-54(38)66(62)65)42-19-47(71(83,84)85)30-48(20-42)72(86,87)88)35-63-59(43-21-49(73(89,90)91)31-50(22-43)74(92,93)94)27-39-11-3-7-15-55(39)67(63)68-56-16-8-4-12-40(56)28-60(64(68)36-101)44-23-51(75(95,96)97)32-52(24-44)76(98,99)100/h1-32H,33-36H2/q+1. The van der Waals surface area contributed by atoms with E-state index in [1.807, 2.05) is 0 Å². The Morgan fingerprint density at radius 1 is 0.198 bits per heavy atom. The van der Waals surface area contributed by atoms with Crippen LogP contribution in [0.15, 0.2) is 194 Å². The molecule has 0 amide bonds. The first kappa shape index (κ1) is 68.1. The van der Waals surface area contributed by atoms with E-state index in [4.69, 9.17) is 0 Å². The lowest BCUT2D eigenvalue weighted by molar-refractivity contribution is -0.977. The van der Waals surface area contributed by atoms with Crippen molar-refractivity contribution in [3.05, 3.63) is 261 Å². The molecule has 25 heteroatoms. The molecule has 0 atom stereocenters. The summed E-state index contributed by atoms with van der Waals surface area (Å²) < 4.78 is 366. The third kappa shape index (κ3) is 12.3. The van der Waals surface area contributed by atoms with Gasteiger partial charge in [-0.3, -0.25) is 0 Å². The summed E-state index contributed by atoms with van der Waals surface area (Å²) in [6, 6.07) is 30.0. The zero-order chi connectivity index (χ0) is 72.4. The van der Waals surface area contributed by atoms with E-state index in [-0.39, 0.29) is 112 Å². The fourth-order valence-electron chi connectivity index (χ4n) is 14.5. The fourth-order valence-corrected chi connectivity index (χ4v) is 14.5. The van der Waals surface area contributed by atoms with Gasteiger partial charge in [-0.05, 0) is 185 Å². The van der Waals surface area contributed by atoms with E-state index in [0.29, 0.717) is 48.5 Å². The van der Waals surface area contributed by atoms with Crippen LogP contribution < -0.4 is 0 Å². The van der Waals surface area contributed by atoms with Crippen LogP contribution >= 0.6 is 0 Å². The van der Waals surface area contributed by atoms with Crippen molar-refractivity contribution in [1.82, 2.24) is 0 Å². The van der Waals surface area contributed by atoms with Crippen molar-refractivity contribution in [2.45, 2.75) is 75.6 Å². The molecule has 0 N–H and O–H groups in total. The van der Waals surface area contributed by atoms with Crippen LogP contribution in [0.5, 0.6) is 0 Å². The van der Waals surface area contributed by atoms with Crippen LogP contribution in [0.1, 0.15) is 66.8 Å². The lowest BCUT2D eigenvalue weighted by Gasteiger charge is -2.39. The molecule has 516 valence electrons. The Balaban J connectivity index is 1.25. The van der Waals surface area contributed by atoms with E-state index in [1.165, 1.54) is 121 Å². The number of alkyl halides is 24. The minimum Gasteiger partial charge on any atom is -0.308 e. The van der Waals surface area contributed by atoms with Crippen molar-refractivity contribution in [2.24, 2.45) is 0 Å². The summed E-state index contributed by atoms with van der Waals surface area (Å²) in [7, 11) is 0. The van der Waals surface area contributed by atoms with Gasteiger partial charge >= 0.3 is 49.4 Å². The maximum Gasteiger partial charge on any atom is 0.416 e. The number of hydrogen-bond acceptors (Lipinski definition) is 0. The summed E-state index contributed by atoms with van der Waals surface area (Å²) in [5.41, 5.74) is -21.5. The Kier molecular flexibility index (Phi) is 15.5. The van der Waals surface area contributed by atoms with E-state index >= 15 is 105 Å². The molecule has 0 fully saturated rings. The minimum absolute atomic E-state index is 0.0450. The Bertz CT molecular complexity index is 4620. The molecule has 12 aromatic rings. The van der Waals surface area contributed by atoms with Crippen molar-refractivity contribution in [1.29, 1.82) is 0 Å². The number of benzene rings is 12. The van der Waals surface area contributed by atoms with Gasteiger partial charge in [0.05, 0.1) is 44.5 Å². The Labute approximate surface area is 554 Å². The predicted molar refractivity (Wildman–Crippen MR) is 331 cm³/mol. The van der Waals surface area contributed by atoms with Gasteiger partial charge in [0, 0.05) is 44.5 Å². The number of hydrogen-bond donors (Lipinski definition) is 0. The highest BCUT2D eigenvalue weighted by atomic mass is 19.4. The zero-order valence-corrected chi connectivity index (χ0v) is 50.8. The Morgan fingerprint density at radius 3 is 0.515 bits per heavy atom. The molecule has 0 aromatic heterocycles. The summed E-state index contributed by atoms with van der Waals surface area (Å²) in [5, 5.41) is 0.510. The van der Waals surface area contributed by atoms with Gasteiger partial charge in [-0.25, -0.2) is 0 Å². The van der Waals surface area contributed by atoms with E-state index in [0.717, 1.165) is 0 Å². The molecule has 1 nitrogen and oxygen atoms in total. The molecule has 12 aromatic carbocycles. The highest BCUT2D eigenvalue weighted by Crippen LogP contribution is 2.58. The second kappa shape index (κ2) is 23.0. The molecule has 0 unspecified atom stereocenters. The van der Waals surface area contributed by atoms with Gasteiger partial charge in [-0.2, -0.15) is 105 Å². The van der Waals surface area contributed by atoms with E-state index in [2.05, 4.69) is 0 Å². The normalized spacial score (nSPS) is 14.7. The third-order valence-electron chi connectivity index (χ3n) is 18.7. The summed E-state index contributed by atoms with van der Waals surface area (Å²) in [6.07, 6.45) is -44.4. The molecule has 14 rings (SSSR count). The summed E-state index contributed by atoms with van der Waals surface area (Å²) in [5.74, 6) is 0. The molecule has 0 bridgehead atoms. The zero-order valence-electron chi connectivity index (χ0n) is 50.8. The van der Waals surface area contributed by atoms with E-state index < -0.39 is 169 Å². The third-order valence-corrected chi connectivity index (χ3v) is 18.7. The van der Waals surface area contributed by atoms with Crippen molar-refractivity contribution in [3.8, 4) is 66.8 Å². The van der Waals surface area contributed by atoms with Gasteiger partial charge in [-0.1, -0.05) is 97.1 Å². The first-order valence-corrected chi connectivity index (χ1v) is 30.3. The topological polar surface area (TPSA) is 0 Å². The van der Waals surface area contributed by atoms with E-state index in [1.54, 1.807) is 0 Å². The first-order valence-electron chi connectivity index (χ1n) is 30.3. The second-order valence-electron chi connectivity index (χ2n) is 25.1. The second-order valence-corrected chi connectivity index (χ2v) is 25.1. The maximum atomic E-state index is 15.3. The average Bonchev–Trinajstić information content (AvgIpc) is 1.60. The molecule has 2 aliphatic heterocycles. The highest BCUT2D eigenvalue weighted by molar-refractivity contribution is 6.14. The fraction of sp³-hybridized carbons (Fsp3) is 0.158. The number of rotatable bonds is 4. The first-order chi connectivity index (χ1) is 47.0. The molecule has 0 aliphatic carbocycles. The summed E-state index contributed by atoms with van der Waals surface area (Å²) in [4.78, 5) is 0. The van der Waals surface area contributed by atoms with Gasteiger partial charge in [-0.15, -0.1) is 0 Å². The van der Waals surface area contributed by atoms with Crippen LogP contribution in [-0.2, 0) is 75.6 Å². The van der Waals surface area contributed by atoms with Crippen LogP contribution in [0.2, 0.25) is 0 Å². The Hall–Kier alpha value is -10.0. The lowest BCUT2D eigenvalue weighted by Crippen LogP contribution is -2.44. The minimum atomic E-state index is -5.54. The van der Waals surface area contributed by atoms with Crippen molar-refractivity contribution in [2.75, 3.05) is 0 Å². The van der Waals surface area contributed by atoms with Gasteiger partial charge in [0.2, 0.25) is 0 Å². The molecule has 2 heterocycles. The van der Waals surface area contributed by atoms with Crippen LogP contribution in [0.4, 0.5) is 105 Å². The number of quaternary nitrogens is 1. The van der Waals surface area contributed by atoms with E-state index in [9.17, 15) is 0 Å². The molecule has 0 radical (unpaired) electrons. The van der Waals surface area contributed by atoms with Crippen LogP contribution in [0.3, 0.4) is 0 Å². The molecule has 101 heavy (non-hydrogen) atoms. The molecular formula is C76H40F24N+. The molecule has 1 spiro atoms. The summed E-state index contributed by atoms with van der Waals surface area (Å²) in [6.45, 7) is -3.46. The van der Waals surface area contributed by atoms with Crippen LogP contribution in [-0.4, -0.2) is 4.48 Å². The van der Waals surface area contributed by atoms with Crippen LogP contribution in [0.25, 0.3) is 110 Å². The van der Waals surface area contributed by atoms with Gasteiger partial charge in [0.1, 0.15) is 26.2 Å². The van der Waals surface area contributed by atoms with Crippen molar-refractivity contribution >= 4 is 43.1 Å². The molecular weight excluding hydrogens is 1380 g/mol. The average molecular weight is 1420 g/mol. The number of halogens is 24. The Morgan fingerprint density at radius 2 is 0.356 bits per heavy atom. The largest absolute Gasteiger partial charge is 0.416 e. The van der Waals surface area contributed by atoms with Crippen LogP contribution in [0, 0.1) is 0 Å². The highest BCUT2D eigenvalue weighted by Gasteiger charge is 2.47. The van der Waals surface area contributed by atoms with Crippen molar-refractivity contribution in [3.63, 3.8) is 0 Å². The van der Waals surface area contributed by atoms with Crippen molar-refractivity contribution < 1.29 is 110 Å². The molecule has 2 aliphatic rings. The monoisotopic (exact) mass is 1420 g/mol. The lowest BCUT2D eigenvalue weighted by atomic mass is 9.81. The summed E-state index contributed by atoms with van der Waals surface area (Å²) >= 11 is 0. The number of nitrogens with zero attached hydrogens (tertiary/aromatic N) is 1. The quantitative estimate of drug-likeness (QED) is 0.122. The molecule has 0 saturated carbocycles. The maximum absolute atomic E-state index is 15.3. The SMILES string of the molecule is FC(F)(F)c1cc(-c2cc3ccccc3c3c2C[N+]2(Cc4c(-c5cc(C(F)(F)F)cc(C(F)(F)F)c5)cc5ccccc5c4-3)Cc3c(-c4cc(C(F)(F)F)cc(C(F)(F)F)c4)cc4ccccc4c3-c3c(c(-c4cc(C(F)(F)F)cc(C(F)(F)F)c4)cc4ccccc34)C2)cc(C(F)(F)F)c1. The molecule has 0 saturated heterocycles.